The smallest absolute Gasteiger partial charge is 0.269 e. The van der Waals surface area contributed by atoms with Crippen molar-refractivity contribution in [2.45, 2.75) is 0 Å². The summed E-state index contributed by atoms with van der Waals surface area (Å²) >= 11 is 29.4. The van der Waals surface area contributed by atoms with Crippen LogP contribution >= 0.6 is 81.1 Å². The first-order valence-electron chi connectivity index (χ1n) is 9.46. The quantitative estimate of drug-likeness (QED) is 0.175. The molecule has 0 atom stereocenters. The van der Waals surface area contributed by atoms with Gasteiger partial charge in [-0.3, -0.25) is 9.59 Å². The standard InChI is InChI=1S/C11H5Cl2N3OS.C7H6N2.C4Cl3NOS/c12-8-9(18-16-10(8)13)11(17)15-7-4-2-1-3-6(7)5-14;8-5-6-3-1-2-4-7(6)9;5-1-2(4(7)9)10-8-3(1)6/h1-4H,(H,15,17);1-4H,9H2;. The first-order valence-corrected chi connectivity index (χ1v) is 12.9. The van der Waals surface area contributed by atoms with Crippen molar-refractivity contribution in [3.8, 4) is 12.1 Å². The number of hydrogen-bond donors (Lipinski definition) is 2. The minimum Gasteiger partial charge on any atom is -0.398 e. The van der Waals surface area contributed by atoms with Gasteiger partial charge in [0.2, 0.25) is 0 Å². The lowest BCUT2D eigenvalue weighted by molar-refractivity contribution is 0.102. The van der Waals surface area contributed by atoms with Crippen LogP contribution < -0.4 is 11.1 Å². The number of carbonyl (C=O) groups excluding carboxylic acids is 2. The molecule has 0 radical (unpaired) electrons. The van der Waals surface area contributed by atoms with E-state index >= 15 is 0 Å². The van der Waals surface area contributed by atoms with Crippen LogP contribution in [0.5, 0.6) is 0 Å². The minimum atomic E-state index is -0.630. The first-order chi connectivity index (χ1) is 17.6. The van der Waals surface area contributed by atoms with E-state index in [0.29, 0.717) is 22.5 Å². The van der Waals surface area contributed by atoms with E-state index in [1.807, 2.05) is 12.1 Å². The molecule has 0 aliphatic rings. The molecule has 4 rings (SSSR count). The molecular formula is C22H11Cl5N6O2S2. The number of nitrogens with one attached hydrogen (secondary N) is 1. The third-order valence-corrected chi connectivity index (χ3v) is 7.85. The molecule has 4 aromatic rings. The molecule has 1 amide bonds. The number of amides is 1. The highest BCUT2D eigenvalue weighted by molar-refractivity contribution is 7.11. The lowest BCUT2D eigenvalue weighted by Crippen LogP contribution is -2.11. The number of nitriles is 2. The fourth-order valence-electron chi connectivity index (χ4n) is 2.25. The van der Waals surface area contributed by atoms with Crippen LogP contribution in [0.4, 0.5) is 11.4 Å². The normalized spacial score (nSPS) is 9.49. The molecule has 2 heterocycles. The Morgan fingerprint density at radius 1 is 0.811 bits per heavy atom. The predicted octanol–water partition coefficient (Wildman–Crippen LogP) is 7.54. The van der Waals surface area contributed by atoms with Crippen LogP contribution in [0.1, 0.15) is 30.5 Å². The van der Waals surface area contributed by atoms with Gasteiger partial charge in [0.05, 0.1) is 16.8 Å². The number of carbonyl (C=O) groups is 2. The Bertz CT molecular complexity index is 1510. The van der Waals surface area contributed by atoms with Crippen molar-refractivity contribution in [2.24, 2.45) is 0 Å². The van der Waals surface area contributed by atoms with Gasteiger partial charge in [-0.25, -0.2) is 0 Å². The van der Waals surface area contributed by atoms with Crippen molar-refractivity contribution in [1.29, 1.82) is 10.5 Å². The molecule has 0 aliphatic heterocycles. The van der Waals surface area contributed by atoms with Gasteiger partial charge in [0, 0.05) is 5.69 Å². The highest BCUT2D eigenvalue weighted by Crippen LogP contribution is 2.30. The molecule has 0 bridgehead atoms. The van der Waals surface area contributed by atoms with Crippen LogP contribution in [0.2, 0.25) is 20.4 Å². The van der Waals surface area contributed by atoms with Crippen LogP contribution in [-0.4, -0.2) is 19.9 Å². The summed E-state index contributed by atoms with van der Waals surface area (Å²) in [6, 6.07) is 17.6. The van der Waals surface area contributed by atoms with Crippen molar-refractivity contribution >= 4 is 104 Å². The molecule has 0 spiro atoms. The monoisotopic (exact) mass is 630 g/mol. The van der Waals surface area contributed by atoms with Gasteiger partial charge >= 0.3 is 0 Å². The van der Waals surface area contributed by atoms with E-state index in [2.05, 4.69) is 14.1 Å². The average Bonchev–Trinajstić information content (AvgIpc) is 3.41. The number of benzene rings is 2. The number of nitrogens with zero attached hydrogens (tertiary/aromatic N) is 4. The van der Waals surface area contributed by atoms with Gasteiger partial charge in [0.15, 0.2) is 10.3 Å². The Kier molecular flexibility index (Phi) is 12.1. The molecule has 0 saturated carbocycles. The third-order valence-electron chi connectivity index (χ3n) is 3.96. The molecule has 3 N–H and O–H groups in total. The number of nitrogens with two attached hydrogens (primary N) is 1. The Morgan fingerprint density at radius 3 is 1.70 bits per heavy atom. The van der Waals surface area contributed by atoms with Gasteiger partial charge in [-0.15, -0.1) is 0 Å². The topological polar surface area (TPSA) is 146 Å². The maximum atomic E-state index is 11.9. The number of anilines is 2. The Balaban J connectivity index is 0.000000214. The van der Waals surface area contributed by atoms with Gasteiger partial charge in [0.25, 0.3) is 11.1 Å². The largest absolute Gasteiger partial charge is 0.398 e. The van der Waals surface area contributed by atoms with Crippen LogP contribution in [0.15, 0.2) is 48.5 Å². The number of para-hydroxylation sites is 2. The molecule has 188 valence electrons. The predicted molar refractivity (Wildman–Crippen MR) is 149 cm³/mol. The number of hydrogen-bond acceptors (Lipinski definition) is 9. The third kappa shape index (κ3) is 8.56. The van der Waals surface area contributed by atoms with Gasteiger partial charge in [-0.1, -0.05) is 70.7 Å². The molecule has 2 aromatic carbocycles. The molecule has 0 fully saturated rings. The SMILES string of the molecule is N#Cc1ccccc1N.N#Cc1ccccc1NC(=O)c1snc(Cl)c1Cl.O=C(Cl)c1snc(Cl)c1Cl. The van der Waals surface area contributed by atoms with E-state index < -0.39 is 11.1 Å². The molecule has 0 saturated heterocycles. The molecule has 8 nitrogen and oxygen atoms in total. The second-order valence-electron chi connectivity index (χ2n) is 6.32. The van der Waals surface area contributed by atoms with Crippen LogP contribution in [0, 0.1) is 22.7 Å². The summed E-state index contributed by atoms with van der Waals surface area (Å²) < 4.78 is 7.38. The second-order valence-corrected chi connectivity index (χ2v) is 9.68. The van der Waals surface area contributed by atoms with Gasteiger partial charge in [-0.05, 0) is 58.9 Å². The molecular weight excluding hydrogens is 622 g/mol. The van der Waals surface area contributed by atoms with E-state index in [1.165, 1.54) is 0 Å². The Morgan fingerprint density at radius 2 is 1.30 bits per heavy atom. The summed E-state index contributed by atoms with van der Waals surface area (Å²) in [5, 5.41) is 19.7. The summed E-state index contributed by atoms with van der Waals surface area (Å²) in [5.74, 6) is -0.438. The van der Waals surface area contributed by atoms with E-state index in [0.717, 1.165) is 23.1 Å². The summed E-state index contributed by atoms with van der Waals surface area (Å²) in [6.07, 6.45) is 0. The molecule has 2 aromatic heterocycles. The van der Waals surface area contributed by atoms with Crippen molar-refractivity contribution in [3.05, 3.63) is 89.8 Å². The van der Waals surface area contributed by atoms with Crippen LogP contribution in [-0.2, 0) is 0 Å². The zero-order valence-electron chi connectivity index (χ0n) is 18.0. The zero-order chi connectivity index (χ0) is 27.5. The van der Waals surface area contributed by atoms with E-state index in [9.17, 15) is 9.59 Å². The van der Waals surface area contributed by atoms with E-state index in [4.69, 9.17) is 74.3 Å². The van der Waals surface area contributed by atoms with Gasteiger partial charge < -0.3 is 11.1 Å². The highest BCUT2D eigenvalue weighted by Gasteiger charge is 2.18. The number of rotatable bonds is 3. The van der Waals surface area contributed by atoms with Crippen molar-refractivity contribution in [3.63, 3.8) is 0 Å². The van der Waals surface area contributed by atoms with Gasteiger partial charge in [0.1, 0.15) is 31.9 Å². The molecule has 0 aliphatic carbocycles. The van der Waals surface area contributed by atoms with Crippen LogP contribution in [0.25, 0.3) is 0 Å². The van der Waals surface area contributed by atoms with Crippen molar-refractivity contribution in [1.82, 2.24) is 8.75 Å². The lowest BCUT2D eigenvalue weighted by atomic mass is 10.2. The number of aromatic nitrogens is 2. The Labute approximate surface area is 244 Å². The number of halogens is 5. The fourth-order valence-corrected chi connectivity index (χ4v) is 4.65. The van der Waals surface area contributed by atoms with E-state index in [-0.39, 0.29) is 30.1 Å². The first kappa shape index (κ1) is 30.3. The maximum absolute atomic E-state index is 11.9. The fraction of sp³-hybridized carbons (Fsp3) is 0. The Hall–Kier alpha value is -2.93. The van der Waals surface area contributed by atoms with Crippen molar-refractivity contribution < 1.29 is 9.59 Å². The summed E-state index contributed by atoms with van der Waals surface area (Å²) in [4.78, 5) is 22.8. The minimum absolute atomic E-state index is 0.0976. The average molecular weight is 633 g/mol. The zero-order valence-corrected chi connectivity index (χ0v) is 23.4. The lowest BCUT2D eigenvalue weighted by Gasteiger charge is -2.04. The van der Waals surface area contributed by atoms with E-state index in [1.54, 1.807) is 48.5 Å². The number of nitrogen functional groups attached to an aromatic ring is 1. The maximum Gasteiger partial charge on any atom is 0.269 e. The van der Waals surface area contributed by atoms with Gasteiger partial charge in [-0.2, -0.15) is 19.3 Å². The highest BCUT2D eigenvalue weighted by atomic mass is 35.5. The summed E-state index contributed by atoms with van der Waals surface area (Å²) in [7, 11) is 0. The van der Waals surface area contributed by atoms with Crippen molar-refractivity contribution in [2.75, 3.05) is 11.1 Å². The summed E-state index contributed by atoms with van der Waals surface area (Å²) in [6.45, 7) is 0. The molecule has 0 unspecified atom stereocenters. The summed E-state index contributed by atoms with van der Waals surface area (Å²) in [5.41, 5.74) is 7.28. The second kappa shape index (κ2) is 14.7. The molecule has 15 heteroatoms. The van der Waals surface area contributed by atoms with Crippen LogP contribution in [0.3, 0.4) is 0 Å². The molecule has 37 heavy (non-hydrogen) atoms.